The monoisotopic (exact) mass is 454 g/mol. The lowest BCUT2D eigenvalue weighted by Crippen LogP contribution is -2.29. The molecule has 3 nitrogen and oxygen atoms in total. The first-order chi connectivity index (χ1) is 16.7. The summed E-state index contributed by atoms with van der Waals surface area (Å²) in [6.07, 6.45) is 10.3. The van der Waals surface area contributed by atoms with Gasteiger partial charge in [-0.2, -0.15) is 0 Å². The number of hydrogen-bond donors (Lipinski definition) is 2. The van der Waals surface area contributed by atoms with E-state index in [1.165, 1.54) is 85.1 Å². The number of anilines is 3. The summed E-state index contributed by atoms with van der Waals surface area (Å²) in [5, 5.41) is 7.53. The van der Waals surface area contributed by atoms with Crippen LogP contribution in [0.4, 0.5) is 21.5 Å². The lowest BCUT2D eigenvalue weighted by molar-refractivity contribution is 0.625. The fraction of sp³-hybridized carbons (Fsp3) is 0.400. The molecule has 0 spiro atoms. The maximum atomic E-state index is 13.8. The summed E-state index contributed by atoms with van der Waals surface area (Å²) in [7, 11) is 2.17. The van der Waals surface area contributed by atoms with E-state index >= 15 is 0 Å². The first kappa shape index (κ1) is 21.5. The molecule has 3 aromatic carbocycles. The van der Waals surface area contributed by atoms with Crippen molar-refractivity contribution in [3.05, 3.63) is 77.6 Å². The van der Waals surface area contributed by atoms with Gasteiger partial charge in [0.25, 0.3) is 0 Å². The molecular weight excluding hydrogens is 420 g/mol. The second-order valence-electron chi connectivity index (χ2n) is 10.4. The summed E-state index contributed by atoms with van der Waals surface area (Å²) in [5.74, 6) is -0.192. The van der Waals surface area contributed by atoms with Crippen LogP contribution in [0.1, 0.15) is 68.5 Å². The minimum absolute atomic E-state index is 0.0372. The van der Waals surface area contributed by atoms with Crippen LogP contribution in [0, 0.1) is 5.82 Å². The van der Waals surface area contributed by atoms with E-state index in [0.29, 0.717) is 12.1 Å². The van der Waals surface area contributed by atoms with Gasteiger partial charge in [-0.25, -0.2) is 4.39 Å². The molecule has 2 saturated carbocycles. The molecule has 34 heavy (non-hydrogen) atoms. The Labute approximate surface area is 202 Å². The molecule has 3 aromatic rings. The van der Waals surface area contributed by atoms with E-state index in [-0.39, 0.29) is 11.9 Å². The predicted octanol–water partition coefficient (Wildman–Crippen LogP) is 7.74. The van der Waals surface area contributed by atoms with E-state index in [1.54, 1.807) is 12.1 Å². The minimum Gasteiger partial charge on any atom is -0.382 e. The molecule has 1 aliphatic heterocycles. The smallest absolute Gasteiger partial charge is 0.123 e. The van der Waals surface area contributed by atoms with Gasteiger partial charge in [-0.05, 0) is 78.8 Å². The molecule has 3 aliphatic rings. The normalized spacial score (nSPS) is 20.3. The van der Waals surface area contributed by atoms with Crippen molar-refractivity contribution in [2.45, 2.75) is 69.5 Å². The highest BCUT2D eigenvalue weighted by atomic mass is 18.2. The van der Waals surface area contributed by atoms with Crippen LogP contribution >= 0.6 is 0 Å². The third-order valence-corrected chi connectivity index (χ3v) is 8.04. The molecule has 0 radical (unpaired) electrons. The number of nitrogens with zero attached hydrogens (tertiary/aromatic N) is 1. The summed E-state index contributed by atoms with van der Waals surface area (Å²) < 4.78 is 13.8. The van der Waals surface area contributed by atoms with Crippen molar-refractivity contribution in [2.24, 2.45) is 0 Å². The van der Waals surface area contributed by atoms with E-state index in [0.717, 1.165) is 5.56 Å². The third-order valence-electron chi connectivity index (χ3n) is 8.04. The quantitative estimate of drug-likeness (QED) is 0.413. The molecule has 1 heterocycles. The molecule has 0 bridgehead atoms. The van der Waals surface area contributed by atoms with Crippen LogP contribution < -0.4 is 15.5 Å². The Kier molecular flexibility index (Phi) is 5.68. The Morgan fingerprint density at radius 1 is 0.706 bits per heavy atom. The second kappa shape index (κ2) is 8.98. The lowest BCUT2D eigenvalue weighted by Gasteiger charge is -2.39. The number of rotatable bonds is 5. The molecular formula is C30H34FN3. The van der Waals surface area contributed by atoms with Crippen LogP contribution in [0.15, 0.2) is 60.7 Å². The van der Waals surface area contributed by atoms with Gasteiger partial charge in [0.15, 0.2) is 0 Å². The van der Waals surface area contributed by atoms with Gasteiger partial charge >= 0.3 is 0 Å². The molecule has 2 aliphatic carbocycles. The first-order valence-electron chi connectivity index (χ1n) is 13.0. The number of nitrogens with one attached hydrogen (secondary N) is 2. The Hall–Kier alpha value is -3.01. The summed E-state index contributed by atoms with van der Waals surface area (Å²) in [4.78, 5) is 2.37. The maximum Gasteiger partial charge on any atom is 0.123 e. The zero-order valence-corrected chi connectivity index (χ0v) is 20.0. The number of benzene rings is 3. The zero-order chi connectivity index (χ0) is 23.1. The standard InChI is InChI=1S/C30H34FN3/c1-34-29-19-25(33-23-8-4-5-9-23)15-17-27(29)26-16-14-24(32-22-6-2-3-7-22)18-28(26)30(34)20-10-12-21(31)13-11-20/h10-19,22-23,30,32-33H,2-9H2,1H3/i31-1. The lowest BCUT2D eigenvalue weighted by atomic mass is 9.84. The van der Waals surface area contributed by atoms with Crippen LogP contribution in [0.3, 0.4) is 0 Å². The van der Waals surface area contributed by atoms with Gasteiger partial charge in [0.2, 0.25) is 0 Å². The molecule has 0 aromatic heterocycles. The van der Waals surface area contributed by atoms with Crippen molar-refractivity contribution < 1.29 is 4.39 Å². The van der Waals surface area contributed by atoms with Crippen molar-refractivity contribution in [3.63, 3.8) is 0 Å². The van der Waals surface area contributed by atoms with Gasteiger partial charge in [0.05, 0.1) is 6.04 Å². The van der Waals surface area contributed by atoms with Crippen molar-refractivity contribution in [2.75, 3.05) is 22.6 Å². The van der Waals surface area contributed by atoms with Gasteiger partial charge in [-0.15, -0.1) is 0 Å². The number of fused-ring (bicyclic) bond motifs is 3. The second-order valence-corrected chi connectivity index (χ2v) is 10.4. The van der Waals surface area contributed by atoms with Crippen LogP contribution in [-0.4, -0.2) is 19.1 Å². The third kappa shape index (κ3) is 4.04. The molecule has 6 rings (SSSR count). The zero-order valence-electron chi connectivity index (χ0n) is 20.0. The number of hydrogen-bond acceptors (Lipinski definition) is 3. The fourth-order valence-corrected chi connectivity index (χ4v) is 6.27. The average molecular weight is 455 g/mol. The van der Waals surface area contributed by atoms with Crippen LogP contribution in [-0.2, 0) is 0 Å². The van der Waals surface area contributed by atoms with Crippen LogP contribution in [0.25, 0.3) is 11.1 Å². The van der Waals surface area contributed by atoms with Crippen molar-refractivity contribution in [1.82, 2.24) is 0 Å². The van der Waals surface area contributed by atoms with Crippen molar-refractivity contribution in [3.8, 4) is 11.1 Å². The van der Waals surface area contributed by atoms with E-state index in [2.05, 4.69) is 59.0 Å². The number of halogens is 1. The molecule has 1 unspecified atom stereocenters. The average Bonchev–Trinajstić information content (AvgIpc) is 3.55. The molecule has 1 atom stereocenters. The molecule has 0 amide bonds. The minimum atomic E-state index is -0.192. The van der Waals surface area contributed by atoms with Crippen molar-refractivity contribution >= 4 is 17.1 Å². The van der Waals surface area contributed by atoms with Crippen LogP contribution in [0.2, 0.25) is 0 Å². The van der Waals surface area contributed by atoms with E-state index < -0.39 is 0 Å². The van der Waals surface area contributed by atoms with Gasteiger partial charge in [0, 0.05) is 41.8 Å². The molecule has 2 fully saturated rings. The highest BCUT2D eigenvalue weighted by Crippen LogP contribution is 2.48. The highest BCUT2D eigenvalue weighted by Gasteiger charge is 2.31. The fourth-order valence-electron chi connectivity index (χ4n) is 6.27. The van der Waals surface area contributed by atoms with E-state index in [9.17, 15) is 4.39 Å². The molecule has 176 valence electrons. The van der Waals surface area contributed by atoms with E-state index in [1.807, 2.05) is 12.1 Å². The Morgan fingerprint density at radius 3 is 1.88 bits per heavy atom. The topological polar surface area (TPSA) is 27.3 Å². The van der Waals surface area contributed by atoms with Gasteiger partial charge < -0.3 is 15.5 Å². The Morgan fingerprint density at radius 2 is 1.26 bits per heavy atom. The van der Waals surface area contributed by atoms with Gasteiger partial charge in [-0.3, -0.25) is 0 Å². The molecule has 2 N–H and O–H groups in total. The highest BCUT2D eigenvalue weighted by molar-refractivity contribution is 5.88. The molecule has 4 heteroatoms. The Bertz CT molecular complexity index is 1160. The van der Waals surface area contributed by atoms with Gasteiger partial charge in [-0.1, -0.05) is 49.9 Å². The summed E-state index contributed by atoms with van der Waals surface area (Å²) in [6.45, 7) is 0. The molecule has 0 saturated heterocycles. The SMILES string of the molecule is CN1c2cc(NC3CCCC3)ccc2-c2ccc(NC3CCCC3)cc2C1c1ccc([18F])cc1. The summed E-state index contributed by atoms with van der Waals surface area (Å²) in [5.41, 5.74) is 8.53. The Balaban J connectivity index is 1.42. The van der Waals surface area contributed by atoms with Crippen molar-refractivity contribution in [1.29, 1.82) is 0 Å². The first-order valence-corrected chi connectivity index (χ1v) is 13.0. The summed E-state index contributed by atoms with van der Waals surface area (Å²) >= 11 is 0. The maximum absolute atomic E-state index is 13.8. The largest absolute Gasteiger partial charge is 0.382 e. The van der Waals surface area contributed by atoms with E-state index in [4.69, 9.17) is 0 Å². The summed E-state index contributed by atoms with van der Waals surface area (Å²) in [6, 6.07) is 21.9. The van der Waals surface area contributed by atoms with Crippen LogP contribution in [0.5, 0.6) is 0 Å². The predicted molar refractivity (Wildman–Crippen MR) is 140 cm³/mol. The van der Waals surface area contributed by atoms with Gasteiger partial charge in [0.1, 0.15) is 5.82 Å².